The zero-order valence-corrected chi connectivity index (χ0v) is 14.3. The van der Waals surface area contributed by atoms with Crippen molar-refractivity contribution in [2.45, 2.75) is 39.3 Å². The van der Waals surface area contributed by atoms with Crippen LogP contribution in [0.4, 0.5) is 0 Å². The zero-order valence-electron chi connectivity index (χ0n) is 13.5. The Bertz CT molecular complexity index is 732. The molecule has 1 atom stereocenters. The number of hydrogen-bond donors (Lipinski definition) is 1. The molecule has 2 aromatic rings. The summed E-state index contributed by atoms with van der Waals surface area (Å²) in [5.41, 5.74) is 0.625. The van der Waals surface area contributed by atoms with Gasteiger partial charge in [-0.2, -0.15) is 0 Å². The van der Waals surface area contributed by atoms with E-state index in [1.165, 1.54) is 18.3 Å². The van der Waals surface area contributed by atoms with Crippen LogP contribution < -0.4 is 10.8 Å². The van der Waals surface area contributed by atoms with Crippen molar-refractivity contribution in [3.8, 4) is 0 Å². The highest BCUT2D eigenvalue weighted by atomic mass is 32.1. The first-order chi connectivity index (χ1) is 11.0. The molecule has 0 saturated carbocycles. The number of nitrogens with one attached hydrogen (secondary N) is 1. The molecule has 0 aliphatic heterocycles. The highest BCUT2D eigenvalue weighted by Gasteiger charge is 2.19. The summed E-state index contributed by atoms with van der Waals surface area (Å²) in [6, 6.07) is 9.09. The molecule has 5 nitrogen and oxygen atoms in total. The Kier molecular flexibility index (Phi) is 5.87. The number of hydrogen-bond acceptors (Lipinski definition) is 4. The number of carbonyl (C=O) groups excluding carboxylic acids is 2. The number of rotatable bonds is 5. The third kappa shape index (κ3) is 4.89. The lowest BCUT2D eigenvalue weighted by molar-refractivity contribution is -0.119. The number of carbonyl (C=O) groups is 2. The second kappa shape index (κ2) is 7.87. The normalized spacial score (nSPS) is 13.1. The molecule has 0 saturated heterocycles. The van der Waals surface area contributed by atoms with Gasteiger partial charge in [0.05, 0.1) is 12.5 Å². The van der Waals surface area contributed by atoms with E-state index >= 15 is 0 Å². The van der Waals surface area contributed by atoms with Crippen LogP contribution in [0.5, 0.6) is 0 Å². The molecule has 0 fully saturated rings. The van der Waals surface area contributed by atoms with Gasteiger partial charge in [-0.3, -0.25) is 19.1 Å². The average molecular weight is 331 g/mol. The van der Waals surface area contributed by atoms with Gasteiger partial charge in [0.1, 0.15) is 5.49 Å². The van der Waals surface area contributed by atoms with Gasteiger partial charge in [0.15, 0.2) is 0 Å². The summed E-state index contributed by atoms with van der Waals surface area (Å²) in [6.07, 6.45) is 1.90. The molecule has 1 unspecified atom stereocenters. The predicted octanol–water partition coefficient (Wildman–Crippen LogP) is 2.77. The van der Waals surface area contributed by atoms with Crippen molar-refractivity contribution in [1.29, 1.82) is 0 Å². The number of pyridine rings is 1. The van der Waals surface area contributed by atoms with Crippen LogP contribution in [0.1, 0.15) is 42.9 Å². The molecule has 2 aromatic heterocycles. The molecule has 0 aliphatic rings. The number of thiophene rings is 1. The lowest BCUT2D eigenvalue weighted by Gasteiger charge is -2.16. The quantitative estimate of drug-likeness (QED) is 0.915. The van der Waals surface area contributed by atoms with Crippen LogP contribution in [-0.2, 0) is 4.79 Å². The minimum absolute atomic E-state index is 0.0971. The second-order valence-corrected chi connectivity index (χ2v) is 6.50. The van der Waals surface area contributed by atoms with Crippen LogP contribution in [0.25, 0.3) is 0 Å². The summed E-state index contributed by atoms with van der Waals surface area (Å²) in [6.45, 7) is 5.39. The molecule has 1 N–H and O–H groups in total. The molecule has 122 valence electrons. The van der Waals surface area contributed by atoms with Crippen molar-refractivity contribution in [2.24, 2.45) is 4.99 Å². The Balaban J connectivity index is 2.28. The molecule has 0 radical (unpaired) electrons. The summed E-state index contributed by atoms with van der Waals surface area (Å²) >= 11 is 1.53. The maximum Gasteiger partial charge on any atom is 0.234 e. The SMILES string of the molecule is CC(=O)NC(CC(=O)n1ccccc1=NC(C)C)c1cccs1. The van der Waals surface area contributed by atoms with E-state index in [0.29, 0.717) is 5.49 Å². The Morgan fingerprint density at radius 2 is 2.04 bits per heavy atom. The van der Waals surface area contributed by atoms with E-state index in [2.05, 4.69) is 10.3 Å². The Hall–Kier alpha value is -2.21. The number of aromatic nitrogens is 1. The summed E-state index contributed by atoms with van der Waals surface area (Å²) in [7, 11) is 0. The molecular formula is C17H21N3O2S. The molecule has 0 aromatic carbocycles. The van der Waals surface area contributed by atoms with Crippen molar-refractivity contribution >= 4 is 23.2 Å². The van der Waals surface area contributed by atoms with Gasteiger partial charge in [0.25, 0.3) is 0 Å². The molecule has 0 aliphatic carbocycles. The summed E-state index contributed by atoms with van der Waals surface area (Å²) in [5, 5.41) is 4.78. The van der Waals surface area contributed by atoms with E-state index in [9.17, 15) is 9.59 Å². The van der Waals surface area contributed by atoms with E-state index < -0.39 is 0 Å². The number of nitrogens with zero attached hydrogens (tertiary/aromatic N) is 2. The summed E-state index contributed by atoms with van der Waals surface area (Å²) in [5.74, 6) is -0.251. The summed E-state index contributed by atoms with van der Waals surface area (Å²) < 4.78 is 1.54. The first-order valence-corrected chi connectivity index (χ1v) is 8.40. The van der Waals surface area contributed by atoms with Crippen LogP contribution in [0.2, 0.25) is 0 Å². The first-order valence-electron chi connectivity index (χ1n) is 7.52. The van der Waals surface area contributed by atoms with Crippen molar-refractivity contribution in [2.75, 3.05) is 0 Å². The third-order valence-electron chi connectivity index (χ3n) is 3.14. The zero-order chi connectivity index (χ0) is 16.8. The molecule has 6 heteroatoms. The third-order valence-corrected chi connectivity index (χ3v) is 4.13. The largest absolute Gasteiger partial charge is 0.348 e. The van der Waals surface area contributed by atoms with Gasteiger partial charge < -0.3 is 5.32 Å². The lowest BCUT2D eigenvalue weighted by atomic mass is 10.1. The Morgan fingerprint density at radius 3 is 2.65 bits per heavy atom. The molecule has 0 bridgehead atoms. The molecule has 2 rings (SSSR count). The minimum Gasteiger partial charge on any atom is -0.348 e. The Labute approximate surface area is 139 Å². The average Bonchev–Trinajstić information content (AvgIpc) is 3.00. The van der Waals surface area contributed by atoms with Gasteiger partial charge in [0, 0.05) is 24.0 Å². The number of amides is 1. The van der Waals surface area contributed by atoms with Crippen LogP contribution >= 0.6 is 11.3 Å². The fourth-order valence-electron chi connectivity index (χ4n) is 2.25. The van der Waals surface area contributed by atoms with Crippen molar-refractivity contribution in [3.63, 3.8) is 0 Å². The van der Waals surface area contributed by atoms with Crippen LogP contribution in [0.15, 0.2) is 46.9 Å². The standard InChI is InChI=1S/C17H21N3O2S/c1-12(2)18-16-8-4-5-9-20(16)17(22)11-14(19-13(3)21)15-7-6-10-23-15/h4-10,12,14H,11H2,1-3H3,(H,19,21). The maximum absolute atomic E-state index is 12.7. The monoisotopic (exact) mass is 331 g/mol. The second-order valence-electron chi connectivity index (χ2n) is 5.52. The van der Waals surface area contributed by atoms with Gasteiger partial charge in [-0.1, -0.05) is 12.1 Å². The van der Waals surface area contributed by atoms with Crippen molar-refractivity contribution < 1.29 is 9.59 Å². The van der Waals surface area contributed by atoms with E-state index in [1.54, 1.807) is 16.8 Å². The fourth-order valence-corrected chi connectivity index (χ4v) is 3.02. The van der Waals surface area contributed by atoms with E-state index in [1.807, 2.05) is 43.5 Å². The molecule has 1 amide bonds. The highest BCUT2D eigenvalue weighted by Crippen LogP contribution is 2.22. The van der Waals surface area contributed by atoms with Gasteiger partial charge in [0.2, 0.25) is 11.8 Å². The van der Waals surface area contributed by atoms with Gasteiger partial charge in [-0.05, 0) is 37.4 Å². The molecule has 23 heavy (non-hydrogen) atoms. The van der Waals surface area contributed by atoms with Crippen LogP contribution in [0.3, 0.4) is 0 Å². The van der Waals surface area contributed by atoms with Gasteiger partial charge in [-0.15, -0.1) is 11.3 Å². The summed E-state index contributed by atoms with van der Waals surface area (Å²) in [4.78, 5) is 29.6. The predicted molar refractivity (Wildman–Crippen MR) is 91.3 cm³/mol. The fraction of sp³-hybridized carbons (Fsp3) is 0.353. The first kappa shape index (κ1) is 17.1. The topological polar surface area (TPSA) is 63.5 Å². The highest BCUT2D eigenvalue weighted by molar-refractivity contribution is 7.10. The van der Waals surface area contributed by atoms with E-state index in [-0.39, 0.29) is 30.3 Å². The van der Waals surface area contributed by atoms with Crippen LogP contribution in [0, 0.1) is 0 Å². The molecule has 0 spiro atoms. The minimum atomic E-state index is -0.320. The van der Waals surface area contributed by atoms with Crippen molar-refractivity contribution in [1.82, 2.24) is 9.88 Å². The van der Waals surface area contributed by atoms with Gasteiger partial charge >= 0.3 is 0 Å². The van der Waals surface area contributed by atoms with E-state index in [0.717, 1.165) is 4.88 Å². The van der Waals surface area contributed by atoms with Gasteiger partial charge in [-0.25, -0.2) is 0 Å². The van der Waals surface area contributed by atoms with Crippen molar-refractivity contribution in [3.05, 3.63) is 52.3 Å². The molecule has 2 heterocycles. The maximum atomic E-state index is 12.7. The van der Waals surface area contributed by atoms with Crippen LogP contribution in [-0.4, -0.2) is 22.4 Å². The van der Waals surface area contributed by atoms with E-state index in [4.69, 9.17) is 0 Å². The molecular weight excluding hydrogens is 310 g/mol. The Morgan fingerprint density at radius 1 is 1.26 bits per heavy atom. The lowest BCUT2D eigenvalue weighted by Crippen LogP contribution is -2.33. The smallest absolute Gasteiger partial charge is 0.234 e.